The lowest BCUT2D eigenvalue weighted by atomic mass is 9.96. The molecule has 2 N–H and O–H groups in total. The molecule has 0 spiro atoms. The largest absolute Gasteiger partial charge is 0.508 e. The maximum Gasteiger partial charge on any atom is 0.318 e. The van der Waals surface area contributed by atoms with Crippen LogP contribution in [0.2, 0.25) is 0 Å². The van der Waals surface area contributed by atoms with Crippen LogP contribution in [0.3, 0.4) is 0 Å². The van der Waals surface area contributed by atoms with Gasteiger partial charge in [-0.15, -0.1) is 0 Å². The van der Waals surface area contributed by atoms with Gasteiger partial charge in [-0.1, -0.05) is 72.8 Å². The Morgan fingerprint density at radius 1 is 0.711 bits per heavy atom. The van der Waals surface area contributed by atoms with Crippen molar-refractivity contribution in [1.82, 2.24) is 0 Å². The number of hydrogen-bond acceptors (Lipinski definition) is 8. The predicted molar refractivity (Wildman–Crippen MR) is 172 cm³/mol. The third-order valence-corrected chi connectivity index (χ3v) is 6.82. The molecule has 0 fully saturated rings. The molecule has 0 radical (unpaired) electrons. The molecule has 4 rings (SSSR count). The van der Waals surface area contributed by atoms with Crippen molar-refractivity contribution in [2.75, 3.05) is 14.2 Å². The lowest BCUT2D eigenvalue weighted by Gasteiger charge is -2.15. The number of methoxy groups -OCH3 is 2. The minimum atomic E-state index is -0.667. The third kappa shape index (κ3) is 8.58. The van der Waals surface area contributed by atoms with Crippen molar-refractivity contribution in [3.8, 4) is 23.0 Å². The Morgan fingerprint density at radius 2 is 1.36 bits per heavy atom. The van der Waals surface area contributed by atoms with Gasteiger partial charge in [0.1, 0.15) is 5.76 Å². The van der Waals surface area contributed by atoms with Gasteiger partial charge in [-0.3, -0.25) is 14.4 Å². The Bertz CT molecular complexity index is 1780. The summed E-state index contributed by atoms with van der Waals surface area (Å²) in [5.74, 6) is -1.31. The summed E-state index contributed by atoms with van der Waals surface area (Å²) < 4.78 is 16.1. The summed E-state index contributed by atoms with van der Waals surface area (Å²) in [6.07, 6.45) is 6.79. The number of aromatic hydroxyl groups is 1. The van der Waals surface area contributed by atoms with Gasteiger partial charge in [-0.25, -0.2) is 0 Å². The number of aliphatic hydroxyl groups is 1. The first-order chi connectivity index (χ1) is 21.7. The number of hydrogen-bond donors (Lipinski definition) is 2. The number of allylic oxidation sites excluding steroid dienone is 3. The summed E-state index contributed by atoms with van der Waals surface area (Å²) in [5, 5.41) is 19.8. The first-order valence-electron chi connectivity index (χ1n) is 14.0. The molecule has 0 heterocycles. The minimum Gasteiger partial charge on any atom is -0.508 e. The summed E-state index contributed by atoms with van der Waals surface area (Å²) in [6, 6.07) is 25.3. The minimum absolute atomic E-state index is 0.00806. The Kier molecular flexibility index (Phi) is 10.7. The molecule has 0 aliphatic carbocycles. The molecule has 4 aromatic carbocycles. The first-order valence-corrected chi connectivity index (χ1v) is 14.0. The normalized spacial score (nSPS) is 12.2. The van der Waals surface area contributed by atoms with Crippen molar-refractivity contribution in [3.05, 3.63) is 143 Å². The average Bonchev–Trinajstić information content (AvgIpc) is 3.07. The van der Waals surface area contributed by atoms with E-state index in [0.717, 1.165) is 6.08 Å². The maximum atomic E-state index is 13.1. The van der Waals surface area contributed by atoms with Crippen LogP contribution in [0.1, 0.15) is 45.5 Å². The van der Waals surface area contributed by atoms with E-state index in [0.29, 0.717) is 27.8 Å². The molecule has 8 heteroatoms. The zero-order chi connectivity index (χ0) is 32.3. The van der Waals surface area contributed by atoms with Gasteiger partial charge >= 0.3 is 5.97 Å². The van der Waals surface area contributed by atoms with Crippen LogP contribution in [-0.2, 0) is 9.59 Å². The molecule has 1 atom stereocenters. The summed E-state index contributed by atoms with van der Waals surface area (Å²) in [5.41, 5.74) is 2.91. The van der Waals surface area contributed by atoms with Gasteiger partial charge in [0.15, 0.2) is 34.6 Å². The van der Waals surface area contributed by atoms with Crippen LogP contribution in [0.15, 0.2) is 115 Å². The number of phenolic OH excluding ortho intramolecular Hbond substituents is 1. The Morgan fingerprint density at radius 3 is 2.07 bits per heavy atom. The van der Waals surface area contributed by atoms with Gasteiger partial charge in [0.05, 0.1) is 20.1 Å². The first kappa shape index (κ1) is 32.0. The SMILES string of the molecule is COc1cc(/C=C/C(O)=C/C(=O)/C=C/c2ccc(OC(=O)C(C)c3cccc(C(=O)c4ccccc4)c3)c(OC)c2)ccc1O. The fourth-order valence-electron chi connectivity index (χ4n) is 4.31. The van der Waals surface area contributed by atoms with E-state index in [9.17, 15) is 24.6 Å². The number of esters is 1. The van der Waals surface area contributed by atoms with Crippen molar-refractivity contribution in [2.24, 2.45) is 0 Å². The molecule has 8 nitrogen and oxygen atoms in total. The summed E-state index contributed by atoms with van der Waals surface area (Å²) >= 11 is 0. The van der Waals surface area contributed by atoms with Crippen LogP contribution >= 0.6 is 0 Å². The monoisotopic (exact) mass is 604 g/mol. The number of benzene rings is 4. The molecule has 45 heavy (non-hydrogen) atoms. The highest BCUT2D eigenvalue weighted by Crippen LogP contribution is 2.31. The maximum absolute atomic E-state index is 13.1. The molecule has 0 amide bonds. The number of ketones is 2. The summed E-state index contributed by atoms with van der Waals surface area (Å²) in [7, 11) is 2.87. The second kappa shape index (κ2) is 15.0. The molecule has 0 aliphatic heterocycles. The number of carbonyl (C=O) groups is 3. The zero-order valence-electron chi connectivity index (χ0n) is 25.0. The summed E-state index contributed by atoms with van der Waals surface area (Å²) in [6.45, 7) is 1.70. The number of rotatable bonds is 12. The number of carbonyl (C=O) groups excluding carboxylic acids is 3. The Labute approximate surface area is 261 Å². The van der Waals surface area contributed by atoms with Gasteiger partial charge in [-0.05, 0) is 66.1 Å². The number of phenols is 1. The van der Waals surface area contributed by atoms with Crippen LogP contribution < -0.4 is 14.2 Å². The quantitative estimate of drug-likeness (QED) is 0.0439. The van der Waals surface area contributed by atoms with E-state index in [4.69, 9.17) is 14.2 Å². The number of aliphatic hydroxyl groups excluding tert-OH is 1. The van der Waals surface area contributed by atoms with E-state index < -0.39 is 17.7 Å². The fraction of sp³-hybridized carbons (Fsp3) is 0.108. The molecule has 1 unspecified atom stereocenters. The molecule has 0 saturated heterocycles. The van der Waals surface area contributed by atoms with Gasteiger partial charge in [-0.2, -0.15) is 0 Å². The number of ether oxygens (including phenoxy) is 3. The summed E-state index contributed by atoms with van der Waals surface area (Å²) in [4.78, 5) is 38.3. The van der Waals surface area contributed by atoms with E-state index in [-0.39, 0.29) is 34.5 Å². The van der Waals surface area contributed by atoms with Crippen molar-refractivity contribution in [3.63, 3.8) is 0 Å². The Balaban J connectivity index is 1.40. The Hall–Kier alpha value is -5.89. The van der Waals surface area contributed by atoms with Crippen molar-refractivity contribution in [1.29, 1.82) is 0 Å². The molecular formula is C37H32O8. The van der Waals surface area contributed by atoms with Crippen molar-refractivity contribution in [2.45, 2.75) is 12.8 Å². The van der Waals surface area contributed by atoms with Gasteiger partial charge in [0.2, 0.25) is 0 Å². The van der Waals surface area contributed by atoms with Crippen molar-refractivity contribution >= 4 is 29.7 Å². The second-order valence-electron chi connectivity index (χ2n) is 9.94. The lowest BCUT2D eigenvalue weighted by molar-refractivity contribution is -0.135. The topological polar surface area (TPSA) is 119 Å². The van der Waals surface area contributed by atoms with E-state index in [1.807, 2.05) is 6.07 Å². The zero-order valence-corrected chi connectivity index (χ0v) is 25.0. The highest BCUT2D eigenvalue weighted by Gasteiger charge is 2.21. The predicted octanol–water partition coefficient (Wildman–Crippen LogP) is 7.09. The fourth-order valence-corrected chi connectivity index (χ4v) is 4.31. The van der Waals surface area contributed by atoms with Gasteiger partial charge < -0.3 is 24.4 Å². The molecule has 0 saturated carbocycles. The molecule has 0 bridgehead atoms. The van der Waals surface area contributed by atoms with E-state index in [1.165, 1.54) is 38.5 Å². The van der Waals surface area contributed by atoms with E-state index in [2.05, 4.69) is 0 Å². The molecule has 0 aliphatic rings. The average molecular weight is 605 g/mol. The molecule has 0 aromatic heterocycles. The smallest absolute Gasteiger partial charge is 0.318 e. The van der Waals surface area contributed by atoms with Crippen LogP contribution in [0.4, 0.5) is 0 Å². The van der Waals surface area contributed by atoms with Crippen LogP contribution in [0.25, 0.3) is 12.2 Å². The lowest BCUT2D eigenvalue weighted by Crippen LogP contribution is -2.17. The van der Waals surface area contributed by atoms with E-state index >= 15 is 0 Å². The molecule has 228 valence electrons. The molecular weight excluding hydrogens is 572 g/mol. The molecule has 4 aromatic rings. The second-order valence-corrected chi connectivity index (χ2v) is 9.94. The van der Waals surface area contributed by atoms with E-state index in [1.54, 1.807) is 91.9 Å². The van der Waals surface area contributed by atoms with Gasteiger partial charge in [0.25, 0.3) is 0 Å². The highest BCUT2D eigenvalue weighted by molar-refractivity contribution is 6.09. The standard InChI is InChI=1S/C37H32O8/c1-24(28-10-7-11-29(22-28)36(41)27-8-5-4-6-9-27)37(42)45-33-19-15-26(21-35(33)44-3)13-17-31(39)23-30(38)16-12-25-14-18-32(40)34(20-25)43-2/h4-24,38,40H,1-3H3/b16-12+,17-13+,30-23-. The highest BCUT2D eigenvalue weighted by atomic mass is 16.6. The van der Waals surface area contributed by atoms with Crippen LogP contribution in [-0.4, -0.2) is 42.0 Å². The van der Waals surface area contributed by atoms with Crippen LogP contribution in [0.5, 0.6) is 23.0 Å². The van der Waals surface area contributed by atoms with Crippen LogP contribution in [0, 0.1) is 0 Å². The third-order valence-electron chi connectivity index (χ3n) is 6.82. The van der Waals surface area contributed by atoms with Crippen molar-refractivity contribution < 1.29 is 38.8 Å². The van der Waals surface area contributed by atoms with Gasteiger partial charge in [0, 0.05) is 17.2 Å².